The van der Waals surface area contributed by atoms with E-state index in [2.05, 4.69) is 26.6 Å². The highest BCUT2D eigenvalue weighted by Gasteiger charge is 2.27. The second-order valence-corrected chi connectivity index (χ2v) is 16.1. The number of nitrogens with zero attached hydrogens (tertiary/aromatic N) is 1. The van der Waals surface area contributed by atoms with E-state index in [0.717, 1.165) is 34.5 Å². The van der Waals surface area contributed by atoms with E-state index >= 15 is 0 Å². The third kappa shape index (κ3) is 13.5. The summed E-state index contributed by atoms with van der Waals surface area (Å²) in [5.41, 5.74) is 1.97. The monoisotopic (exact) mass is 768 g/mol. The van der Waals surface area contributed by atoms with E-state index in [4.69, 9.17) is 11.6 Å². The van der Waals surface area contributed by atoms with Crippen molar-refractivity contribution in [3.63, 3.8) is 0 Å². The third-order valence-corrected chi connectivity index (χ3v) is 10.2. The van der Waals surface area contributed by atoms with E-state index in [1.807, 2.05) is 57.2 Å². The van der Waals surface area contributed by atoms with Crippen LogP contribution in [-0.4, -0.2) is 76.6 Å². The van der Waals surface area contributed by atoms with Gasteiger partial charge in [-0.3, -0.25) is 23.5 Å². The molecule has 5 N–H and O–H groups in total. The van der Waals surface area contributed by atoms with Crippen LogP contribution >= 0.6 is 11.6 Å². The van der Waals surface area contributed by atoms with Crippen molar-refractivity contribution in [2.24, 2.45) is 5.92 Å². The smallest absolute Gasteiger partial charge is 0.251 e. The summed E-state index contributed by atoms with van der Waals surface area (Å²) in [4.78, 5) is 53.5. The van der Waals surface area contributed by atoms with Gasteiger partial charge in [0, 0.05) is 42.3 Å². The molecule has 0 radical (unpaired) electrons. The number of halogens is 1. The minimum absolute atomic E-state index is 0.0660. The maximum absolute atomic E-state index is 13.9. The van der Waals surface area contributed by atoms with Crippen LogP contribution in [0.3, 0.4) is 0 Å². The number of carbonyl (C=O) groups excluding carboxylic acids is 4. The lowest BCUT2D eigenvalue weighted by Gasteiger charge is -2.26. The quantitative estimate of drug-likeness (QED) is 0.111. The summed E-state index contributed by atoms with van der Waals surface area (Å²) >= 11 is 6.15. The van der Waals surface area contributed by atoms with Crippen molar-refractivity contribution >= 4 is 50.9 Å². The Kier molecular flexibility index (Phi) is 16.3. The molecule has 0 saturated carbocycles. The number of benzene rings is 3. The molecule has 0 bridgehead atoms. The number of nitrogens with one attached hydrogen (secondary N) is 5. The topological polar surface area (TPSA) is 166 Å². The summed E-state index contributed by atoms with van der Waals surface area (Å²) < 4.78 is 26.0. The standard InChI is InChI=1S/C39H53ClN6O6S/c1-8-9-18-41-39(50)35(25(2)3)45-36(47)27(5)42-24-33(19-28-14-11-10-12-15-28)44-38(49)31-20-30(22-34(23-31)46(6)53(7,51)52)37(48)43-26(4)29-16-13-17-32(40)21-29/h10-17,20-23,25-27,33,35,42H,8-9,18-19,24H2,1-7H3,(H,41,50)(H,43,48)(H,44,49)(H,45,47)/t26-,27+,33+,35+/m1/s1. The lowest BCUT2D eigenvalue weighted by Crippen LogP contribution is -2.55. The van der Waals surface area contributed by atoms with Crippen LogP contribution in [0.1, 0.15) is 85.3 Å². The van der Waals surface area contributed by atoms with Crippen molar-refractivity contribution in [2.45, 2.75) is 78.0 Å². The van der Waals surface area contributed by atoms with E-state index in [1.165, 1.54) is 25.2 Å². The molecular weight excluding hydrogens is 716 g/mol. The lowest BCUT2D eigenvalue weighted by atomic mass is 10.0. The average Bonchev–Trinajstić information content (AvgIpc) is 3.11. The number of carbonyl (C=O) groups is 4. The molecule has 0 aliphatic rings. The van der Waals surface area contributed by atoms with Gasteiger partial charge < -0.3 is 26.6 Å². The minimum atomic E-state index is -3.75. The van der Waals surface area contributed by atoms with E-state index in [-0.39, 0.29) is 41.1 Å². The predicted octanol–water partition coefficient (Wildman–Crippen LogP) is 4.60. The molecule has 4 amide bonds. The van der Waals surface area contributed by atoms with Crippen molar-refractivity contribution < 1.29 is 27.6 Å². The highest BCUT2D eigenvalue weighted by molar-refractivity contribution is 7.92. The van der Waals surface area contributed by atoms with Crippen LogP contribution in [-0.2, 0) is 26.0 Å². The predicted molar refractivity (Wildman–Crippen MR) is 211 cm³/mol. The molecule has 4 atom stereocenters. The summed E-state index contributed by atoms with van der Waals surface area (Å²) in [7, 11) is -2.40. The van der Waals surface area contributed by atoms with Gasteiger partial charge in [-0.15, -0.1) is 0 Å². The largest absolute Gasteiger partial charge is 0.354 e. The Bertz CT molecular complexity index is 1820. The van der Waals surface area contributed by atoms with E-state index in [1.54, 1.807) is 32.0 Å². The lowest BCUT2D eigenvalue weighted by molar-refractivity contribution is -0.130. The van der Waals surface area contributed by atoms with Crippen molar-refractivity contribution in [3.8, 4) is 0 Å². The molecule has 0 aromatic heterocycles. The SMILES string of the molecule is CCCCNC(=O)[C@@H](NC(=O)[C@H](C)NC[C@H](Cc1ccccc1)NC(=O)c1cc(C(=O)N[C@H](C)c2cccc(Cl)c2)cc(N(C)S(C)(=O)=O)c1)C(C)C. The minimum Gasteiger partial charge on any atom is -0.354 e. The average molecular weight is 769 g/mol. The summed E-state index contributed by atoms with van der Waals surface area (Å²) in [6, 6.07) is 18.4. The Balaban J connectivity index is 1.85. The first-order valence-electron chi connectivity index (χ1n) is 17.8. The number of hydrogen-bond acceptors (Lipinski definition) is 7. The Morgan fingerprint density at radius 3 is 2.04 bits per heavy atom. The third-order valence-electron chi connectivity index (χ3n) is 8.80. The number of unbranched alkanes of at least 4 members (excludes halogenated alkanes) is 1. The normalized spacial score (nSPS) is 13.7. The van der Waals surface area contributed by atoms with Gasteiger partial charge in [0.25, 0.3) is 11.8 Å². The summed E-state index contributed by atoms with van der Waals surface area (Å²) in [6.07, 6.45) is 3.20. The van der Waals surface area contributed by atoms with E-state index in [9.17, 15) is 27.6 Å². The van der Waals surface area contributed by atoms with Gasteiger partial charge in [-0.05, 0) is 74.1 Å². The van der Waals surface area contributed by atoms with Gasteiger partial charge in [-0.1, -0.05) is 81.3 Å². The molecule has 0 unspecified atom stereocenters. The van der Waals surface area contributed by atoms with Crippen LogP contribution in [0.4, 0.5) is 5.69 Å². The molecule has 0 saturated heterocycles. The van der Waals surface area contributed by atoms with Crippen LogP contribution in [0.15, 0.2) is 72.8 Å². The molecule has 12 nitrogen and oxygen atoms in total. The van der Waals surface area contributed by atoms with Gasteiger partial charge in [0.1, 0.15) is 6.04 Å². The van der Waals surface area contributed by atoms with Gasteiger partial charge >= 0.3 is 0 Å². The van der Waals surface area contributed by atoms with Crippen LogP contribution in [0.25, 0.3) is 0 Å². The van der Waals surface area contributed by atoms with Crippen LogP contribution in [0.2, 0.25) is 5.02 Å². The van der Waals surface area contributed by atoms with Gasteiger partial charge in [0.05, 0.1) is 24.0 Å². The summed E-state index contributed by atoms with van der Waals surface area (Å²) in [5, 5.41) is 15.4. The van der Waals surface area contributed by atoms with Crippen molar-refractivity contribution in [3.05, 3.63) is 100 Å². The fourth-order valence-electron chi connectivity index (χ4n) is 5.45. The Hall–Kier alpha value is -4.46. The second kappa shape index (κ2) is 20.1. The molecule has 53 heavy (non-hydrogen) atoms. The molecule has 0 fully saturated rings. The first-order valence-corrected chi connectivity index (χ1v) is 20.0. The van der Waals surface area contributed by atoms with Crippen molar-refractivity contribution in [2.75, 3.05) is 30.7 Å². The molecule has 3 aromatic rings. The second-order valence-electron chi connectivity index (χ2n) is 13.6. The highest BCUT2D eigenvalue weighted by Crippen LogP contribution is 2.23. The zero-order chi connectivity index (χ0) is 39.3. The Morgan fingerprint density at radius 2 is 1.45 bits per heavy atom. The van der Waals surface area contributed by atoms with E-state index < -0.39 is 46.0 Å². The number of amides is 4. The molecule has 0 heterocycles. The van der Waals surface area contributed by atoms with Gasteiger partial charge in [-0.25, -0.2) is 8.42 Å². The maximum atomic E-state index is 13.9. The van der Waals surface area contributed by atoms with Crippen LogP contribution in [0.5, 0.6) is 0 Å². The van der Waals surface area contributed by atoms with Crippen molar-refractivity contribution in [1.29, 1.82) is 0 Å². The molecule has 3 aromatic carbocycles. The zero-order valence-corrected chi connectivity index (χ0v) is 33.1. The highest BCUT2D eigenvalue weighted by atomic mass is 35.5. The van der Waals surface area contributed by atoms with Gasteiger partial charge in [-0.2, -0.15) is 0 Å². The number of anilines is 1. The van der Waals surface area contributed by atoms with Crippen molar-refractivity contribution in [1.82, 2.24) is 26.6 Å². The first-order chi connectivity index (χ1) is 25.0. The maximum Gasteiger partial charge on any atom is 0.251 e. The van der Waals surface area contributed by atoms with Crippen LogP contribution in [0, 0.1) is 5.92 Å². The Morgan fingerprint density at radius 1 is 0.811 bits per heavy atom. The fraction of sp³-hybridized carbons (Fsp3) is 0.436. The van der Waals surface area contributed by atoms with Crippen LogP contribution < -0.4 is 30.9 Å². The molecule has 0 aliphatic carbocycles. The molecule has 0 spiro atoms. The molecule has 14 heteroatoms. The molecule has 288 valence electrons. The zero-order valence-electron chi connectivity index (χ0n) is 31.5. The molecule has 0 aliphatic heterocycles. The summed E-state index contributed by atoms with van der Waals surface area (Å²) in [6.45, 7) is 9.95. The number of rotatable bonds is 19. The number of sulfonamides is 1. The molecule has 3 rings (SSSR count). The van der Waals surface area contributed by atoms with Gasteiger partial charge in [0.15, 0.2) is 0 Å². The molecular formula is C39H53ClN6O6S. The first kappa shape index (κ1) is 42.9. The fourth-order valence-corrected chi connectivity index (χ4v) is 6.14. The van der Waals surface area contributed by atoms with Gasteiger partial charge in [0.2, 0.25) is 21.8 Å². The van der Waals surface area contributed by atoms with E-state index in [0.29, 0.717) is 18.0 Å². The summed E-state index contributed by atoms with van der Waals surface area (Å²) in [5.74, 6) is -1.80. The number of hydrogen-bond donors (Lipinski definition) is 5. The Labute approximate surface area is 318 Å².